The van der Waals surface area contributed by atoms with Crippen LogP contribution in [0.3, 0.4) is 0 Å². The van der Waals surface area contributed by atoms with E-state index in [4.69, 9.17) is 5.11 Å². The number of nitrogens with zero attached hydrogens (tertiary/aromatic N) is 4. The molecule has 10 nitrogen and oxygen atoms in total. The number of carbonyl (C=O) groups excluding carboxylic acids is 1. The van der Waals surface area contributed by atoms with Crippen molar-refractivity contribution < 1.29 is 15.0 Å². The highest BCUT2D eigenvalue weighted by atomic mass is 16.3. The number of hydrogen-bond donors (Lipinski definition) is 5. The minimum absolute atomic E-state index is 0.102. The molecule has 0 spiro atoms. The van der Waals surface area contributed by atoms with Gasteiger partial charge in [0.15, 0.2) is 0 Å². The van der Waals surface area contributed by atoms with Crippen LogP contribution in [0.1, 0.15) is 33.1 Å². The number of fused-ring (bicyclic) bond motifs is 2. The molecule has 4 aromatic rings. The lowest BCUT2D eigenvalue weighted by atomic mass is 10.1. The molecular formula is C27H29N7O3. The fourth-order valence-corrected chi connectivity index (χ4v) is 4.64. The van der Waals surface area contributed by atoms with Crippen LogP contribution in [-0.4, -0.2) is 55.1 Å². The lowest BCUT2D eigenvalue weighted by Crippen LogP contribution is -2.29. The van der Waals surface area contributed by atoms with Crippen LogP contribution in [0.25, 0.3) is 10.9 Å². The van der Waals surface area contributed by atoms with Crippen LogP contribution < -0.4 is 16.0 Å². The number of hydrogen-bond acceptors (Lipinski definition) is 8. The molecule has 5 rings (SSSR count). The summed E-state index contributed by atoms with van der Waals surface area (Å²) < 4.78 is 1.86. The molecule has 1 aliphatic rings. The summed E-state index contributed by atoms with van der Waals surface area (Å²) in [6.45, 7) is 6.27. The van der Waals surface area contributed by atoms with Crippen molar-refractivity contribution in [1.29, 1.82) is 0 Å². The van der Waals surface area contributed by atoms with Crippen molar-refractivity contribution >= 4 is 34.3 Å². The van der Waals surface area contributed by atoms with Crippen LogP contribution in [0.2, 0.25) is 0 Å². The third kappa shape index (κ3) is 4.89. The summed E-state index contributed by atoms with van der Waals surface area (Å²) in [4.78, 5) is 21.8. The van der Waals surface area contributed by atoms with Crippen LogP contribution in [0.15, 0.2) is 61.4 Å². The number of aryl methyl sites for hydroxylation is 1. The van der Waals surface area contributed by atoms with Crippen LogP contribution >= 0.6 is 0 Å². The number of aromatic nitrogens is 4. The molecule has 2 aromatic carbocycles. The molecule has 37 heavy (non-hydrogen) atoms. The van der Waals surface area contributed by atoms with Gasteiger partial charge >= 0.3 is 0 Å². The quantitative estimate of drug-likeness (QED) is 0.222. The van der Waals surface area contributed by atoms with E-state index in [9.17, 15) is 9.90 Å². The van der Waals surface area contributed by atoms with Gasteiger partial charge in [-0.05, 0) is 35.7 Å². The zero-order valence-corrected chi connectivity index (χ0v) is 20.5. The Kier molecular flexibility index (Phi) is 6.85. The highest BCUT2D eigenvalue weighted by Gasteiger charge is 2.32. The fraction of sp³-hybridized carbons (Fsp3) is 0.259. The van der Waals surface area contributed by atoms with Crippen LogP contribution in [0.5, 0.6) is 0 Å². The molecule has 0 fully saturated rings. The third-order valence-electron chi connectivity index (χ3n) is 6.46. The summed E-state index contributed by atoms with van der Waals surface area (Å²) in [6, 6.07) is 11.4. The van der Waals surface area contributed by atoms with Gasteiger partial charge in [-0.15, -0.1) is 6.58 Å². The monoisotopic (exact) mass is 499 g/mol. The Labute approximate surface area is 214 Å². The van der Waals surface area contributed by atoms with Gasteiger partial charge in [0, 0.05) is 30.2 Å². The second-order valence-electron chi connectivity index (χ2n) is 8.99. The molecule has 10 heteroatoms. The Bertz CT molecular complexity index is 1470. The normalized spacial score (nSPS) is 16.4. The highest BCUT2D eigenvalue weighted by Crippen LogP contribution is 2.35. The Morgan fingerprint density at radius 1 is 1.27 bits per heavy atom. The van der Waals surface area contributed by atoms with Crippen molar-refractivity contribution in [2.24, 2.45) is 0 Å². The average Bonchev–Trinajstić information content (AvgIpc) is 3.42. The Morgan fingerprint density at radius 3 is 2.92 bits per heavy atom. The first-order valence-electron chi connectivity index (χ1n) is 12.1. The molecule has 5 N–H and O–H groups in total. The number of benzene rings is 2. The maximum absolute atomic E-state index is 12.8. The predicted molar refractivity (Wildman–Crippen MR) is 142 cm³/mol. The summed E-state index contributed by atoms with van der Waals surface area (Å²) in [6.07, 6.45) is 4.88. The molecule has 1 amide bonds. The first kappa shape index (κ1) is 24.4. The Morgan fingerprint density at radius 2 is 2.11 bits per heavy atom. The third-order valence-corrected chi connectivity index (χ3v) is 6.46. The molecule has 2 atom stereocenters. The first-order chi connectivity index (χ1) is 18.0. The van der Waals surface area contributed by atoms with Crippen LogP contribution in [0, 0.1) is 6.92 Å². The van der Waals surface area contributed by atoms with Crippen molar-refractivity contribution in [3.63, 3.8) is 0 Å². The molecule has 0 bridgehead atoms. The zero-order chi connectivity index (χ0) is 25.9. The predicted octanol–water partition coefficient (Wildman–Crippen LogP) is 2.86. The molecular weight excluding hydrogens is 470 g/mol. The minimum atomic E-state index is -0.674. The van der Waals surface area contributed by atoms with E-state index < -0.39 is 18.1 Å². The van der Waals surface area contributed by atoms with Gasteiger partial charge in [0.05, 0.1) is 37.0 Å². The molecule has 2 aromatic heterocycles. The SMILES string of the molecule is C=CCn1ncc2cc(C)c(Nc3ncc(C(=O)NCCO)c(N[C@H]4c5ccccc5C[C@H]4O)n3)cc21. The van der Waals surface area contributed by atoms with Gasteiger partial charge in [0.25, 0.3) is 5.91 Å². The van der Waals surface area contributed by atoms with Crippen LogP contribution in [-0.2, 0) is 13.0 Å². The number of carbonyl (C=O) groups is 1. The van der Waals surface area contributed by atoms with E-state index in [1.807, 2.05) is 54.2 Å². The smallest absolute Gasteiger partial charge is 0.256 e. The van der Waals surface area contributed by atoms with Gasteiger partial charge in [-0.25, -0.2) is 4.98 Å². The van der Waals surface area contributed by atoms with Crippen molar-refractivity contribution in [2.45, 2.75) is 32.0 Å². The molecule has 0 unspecified atom stereocenters. The standard InChI is InChI=1S/C27H29N7O3/c1-3-9-34-22-13-21(16(2)11-18(22)14-30-34)31-27-29-15-20(26(37)28-8-10-35)25(33-27)32-24-19-7-5-4-6-17(19)12-23(24)36/h3-7,11,13-15,23-24,35-36H,1,8-10,12H2,2H3,(H,28,37)(H2,29,31,32,33)/t23-,24+/m1/s1. The van der Waals surface area contributed by atoms with Crippen LogP contribution in [0.4, 0.5) is 17.5 Å². The molecule has 0 saturated heterocycles. The maximum Gasteiger partial charge on any atom is 0.256 e. The fourth-order valence-electron chi connectivity index (χ4n) is 4.64. The zero-order valence-electron chi connectivity index (χ0n) is 20.5. The summed E-state index contributed by atoms with van der Waals surface area (Å²) in [5, 5.41) is 34.5. The van der Waals surface area contributed by atoms with E-state index in [0.717, 1.165) is 33.3 Å². The summed E-state index contributed by atoms with van der Waals surface area (Å²) >= 11 is 0. The second kappa shape index (κ2) is 10.4. The van der Waals surface area contributed by atoms with Gasteiger partial charge in [-0.2, -0.15) is 10.1 Å². The number of nitrogens with one attached hydrogen (secondary N) is 3. The van der Waals surface area contributed by atoms with Gasteiger partial charge < -0.3 is 26.2 Å². The summed E-state index contributed by atoms with van der Waals surface area (Å²) in [5.74, 6) is 0.151. The number of amides is 1. The number of aliphatic hydroxyl groups excluding tert-OH is 2. The van der Waals surface area contributed by atoms with E-state index in [2.05, 4.69) is 37.6 Å². The number of anilines is 3. The van der Waals surface area contributed by atoms with Crippen molar-refractivity contribution in [1.82, 2.24) is 25.1 Å². The summed E-state index contributed by atoms with van der Waals surface area (Å²) in [5.41, 5.74) is 4.94. The van der Waals surface area contributed by atoms with Crippen molar-refractivity contribution in [2.75, 3.05) is 23.8 Å². The number of allylic oxidation sites excluding steroid dienone is 1. The largest absolute Gasteiger partial charge is 0.395 e. The van der Waals surface area contributed by atoms with Gasteiger partial charge in [-0.1, -0.05) is 30.3 Å². The first-order valence-corrected chi connectivity index (χ1v) is 12.1. The minimum Gasteiger partial charge on any atom is -0.395 e. The average molecular weight is 500 g/mol. The van der Waals surface area contributed by atoms with E-state index in [1.54, 1.807) is 6.08 Å². The van der Waals surface area contributed by atoms with Gasteiger partial charge in [0.1, 0.15) is 11.4 Å². The summed E-state index contributed by atoms with van der Waals surface area (Å²) in [7, 11) is 0. The van der Waals surface area contributed by atoms with Gasteiger partial charge in [0.2, 0.25) is 5.95 Å². The topological polar surface area (TPSA) is 137 Å². The van der Waals surface area contributed by atoms with Crippen molar-refractivity contribution in [3.05, 3.63) is 83.7 Å². The van der Waals surface area contributed by atoms with E-state index >= 15 is 0 Å². The molecule has 2 heterocycles. The molecule has 0 aliphatic heterocycles. The van der Waals surface area contributed by atoms with E-state index in [1.165, 1.54) is 6.20 Å². The number of rotatable bonds is 9. The second-order valence-corrected chi connectivity index (χ2v) is 8.99. The Hall–Kier alpha value is -4.28. The molecule has 0 saturated carbocycles. The van der Waals surface area contributed by atoms with Crippen molar-refractivity contribution in [3.8, 4) is 0 Å². The maximum atomic E-state index is 12.8. The van der Waals surface area contributed by atoms with E-state index in [0.29, 0.717) is 18.9 Å². The lowest BCUT2D eigenvalue weighted by molar-refractivity contribution is 0.0944. The highest BCUT2D eigenvalue weighted by molar-refractivity contribution is 5.98. The number of aliphatic hydroxyl groups is 2. The Balaban J connectivity index is 1.50. The van der Waals surface area contributed by atoms with Gasteiger partial charge in [-0.3, -0.25) is 9.48 Å². The molecule has 0 radical (unpaired) electrons. The molecule has 190 valence electrons. The van der Waals surface area contributed by atoms with E-state index in [-0.39, 0.29) is 24.5 Å². The lowest BCUT2D eigenvalue weighted by Gasteiger charge is -2.21. The molecule has 1 aliphatic carbocycles.